The first-order chi connectivity index (χ1) is 7.95. The normalized spacial score (nSPS) is 14.1. The zero-order valence-corrected chi connectivity index (χ0v) is 10.4. The highest BCUT2D eigenvalue weighted by Gasteiger charge is 2.18. The number of benzene rings is 1. The fourth-order valence-corrected chi connectivity index (χ4v) is 1.58. The van der Waals surface area contributed by atoms with Gasteiger partial charge in [-0.15, -0.1) is 0 Å². The number of aliphatic hydroxyl groups excluding tert-OH is 1. The standard InChI is InChI=1S/C13H19NO3/c1-4-11(13(14)16)17-12-7-8(2)5-6-10(12)9(3)15/h5-7,9,11,15H,4H2,1-3H3,(H2,14,16)/t9-,11?/m0/s1. The minimum absolute atomic E-state index is 0.495. The lowest BCUT2D eigenvalue weighted by Crippen LogP contribution is -2.33. The van der Waals surface area contributed by atoms with Gasteiger partial charge in [0.1, 0.15) is 5.75 Å². The third-order valence-electron chi connectivity index (χ3n) is 2.58. The predicted octanol–water partition coefficient (Wildman–Crippen LogP) is 1.69. The second-order valence-electron chi connectivity index (χ2n) is 4.13. The third-order valence-corrected chi connectivity index (χ3v) is 2.58. The van der Waals surface area contributed by atoms with Crippen molar-refractivity contribution in [1.82, 2.24) is 0 Å². The molecule has 1 aromatic carbocycles. The van der Waals surface area contributed by atoms with Crippen molar-refractivity contribution in [1.29, 1.82) is 0 Å². The first-order valence-electron chi connectivity index (χ1n) is 5.70. The topological polar surface area (TPSA) is 72.6 Å². The number of hydrogen-bond acceptors (Lipinski definition) is 3. The Morgan fingerprint density at radius 1 is 1.53 bits per heavy atom. The van der Waals surface area contributed by atoms with Crippen molar-refractivity contribution >= 4 is 5.91 Å². The van der Waals surface area contributed by atoms with Crippen LogP contribution in [0.2, 0.25) is 0 Å². The van der Waals surface area contributed by atoms with Crippen LogP contribution in [0, 0.1) is 6.92 Å². The van der Waals surface area contributed by atoms with Crippen molar-refractivity contribution in [2.75, 3.05) is 0 Å². The Labute approximate surface area is 101 Å². The number of rotatable bonds is 5. The van der Waals surface area contributed by atoms with E-state index in [2.05, 4.69) is 0 Å². The summed E-state index contributed by atoms with van der Waals surface area (Å²) in [4.78, 5) is 11.1. The number of aliphatic hydroxyl groups is 1. The zero-order valence-electron chi connectivity index (χ0n) is 10.4. The van der Waals surface area contributed by atoms with Crippen molar-refractivity contribution in [3.63, 3.8) is 0 Å². The first kappa shape index (κ1) is 13.5. The summed E-state index contributed by atoms with van der Waals surface area (Å²) in [6.07, 6.45) is -0.798. The summed E-state index contributed by atoms with van der Waals surface area (Å²) >= 11 is 0. The van der Waals surface area contributed by atoms with Crippen LogP contribution in [0.25, 0.3) is 0 Å². The molecule has 0 radical (unpaired) electrons. The van der Waals surface area contributed by atoms with Gasteiger partial charge in [-0.2, -0.15) is 0 Å². The summed E-state index contributed by atoms with van der Waals surface area (Å²) < 4.78 is 5.56. The van der Waals surface area contributed by atoms with Gasteiger partial charge in [0.05, 0.1) is 6.10 Å². The molecular formula is C13H19NO3. The minimum atomic E-state index is -0.658. The van der Waals surface area contributed by atoms with Crippen LogP contribution in [0.5, 0.6) is 5.75 Å². The van der Waals surface area contributed by atoms with Gasteiger partial charge in [-0.25, -0.2) is 0 Å². The number of aryl methyl sites for hydroxylation is 1. The lowest BCUT2D eigenvalue weighted by molar-refractivity contribution is -0.124. The fraction of sp³-hybridized carbons (Fsp3) is 0.462. The molecule has 94 valence electrons. The van der Waals surface area contributed by atoms with Gasteiger partial charge < -0.3 is 15.6 Å². The van der Waals surface area contributed by atoms with Crippen molar-refractivity contribution < 1.29 is 14.6 Å². The summed E-state index contributed by atoms with van der Waals surface area (Å²) in [5.41, 5.74) is 6.90. The van der Waals surface area contributed by atoms with E-state index in [0.717, 1.165) is 5.56 Å². The lowest BCUT2D eigenvalue weighted by atomic mass is 10.1. The van der Waals surface area contributed by atoms with E-state index in [0.29, 0.717) is 17.7 Å². The fourth-order valence-electron chi connectivity index (χ4n) is 1.58. The molecule has 0 aliphatic heterocycles. The van der Waals surface area contributed by atoms with Gasteiger partial charge in [0.25, 0.3) is 5.91 Å². The number of primary amides is 1. The Morgan fingerprint density at radius 3 is 2.65 bits per heavy atom. The van der Waals surface area contributed by atoms with E-state index in [4.69, 9.17) is 10.5 Å². The van der Waals surface area contributed by atoms with E-state index in [1.165, 1.54) is 0 Å². The molecule has 0 saturated heterocycles. The smallest absolute Gasteiger partial charge is 0.258 e. The van der Waals surface area contributed by atoms with Crippen LogP contribution in [0.4, 0.5) is 0 Å². The van der Waals surface area contributed by atoms with Crippen molar-refractivity contribution in [3.8, 4) is 5.75 Å². The maximum absolute atomic E-state index is 11.1. The molecule has 2 atom stereocenters. The van der Waals surface area contributed by atoms with Gasteiger partial charge >= 0.3 is 0 Å². The van der Waals surface area contributed by atoms with Crippen LogP contribution in [0.1, 0.15) is 37.5 Å². The number of carbonyl (C=O) groups excluding carboxylic acids is 1. The maximum atomic E-state index is 11.1. The van der Waals surface area contributed by atoms with Crippen molar-refractivity contribution in [2.45, 2.75) is 39.4 Å². The van der Waals surface area contributed by atoms with Crippen LogP contribution in [0.3, 0.4) is 0 Å². The van der Waals surface area contributed by atoms with E-state index >= 15 is 0 Å². The van der Waals surface area contributed by atoms with Crippen LogP contribution < -0.4 is 10.5 Å². The van der Waals surface area contributed by atoms with Gasteiger partial charge in [0.2, 0.25) is 0 Å². The van der Waals surface area contributed by atoms with Gasteiger partial charge in [0, 0.05) is 5.56 Å². The van der Waals surface area contributed by atoms with E-state index in [1.54, 1.807) is 19.1 Å². The van der Waals surface area contributed by atoms with E-state index in [-0.39, 0.29) is 0 Å². The highest BCUT2D eigenvalue weighted by Crippen LogP contribution is 2.27. The van der Waals surface area contributed by atoms with Crippen LogP contribution >= 0.6 is 0 Å². The number of carbonyl (C=O) groups is 1. The molecule has 4 nitrogen and oxygen atoms in total. The highest BCUT2D eigenvalue weighted by molar-refractivity contribution is 5.79. The summed E-state index contributed by atoms with van der Waals surface area (Å²) in [7, 11) is 0. The molecule has 0 bridgehead atoms. The Bertz CT molecular complexity index is 402. The molecule has 1 unspecified atom stereocenters. The average Bonchev–Trinajstić information content (AvgIpc) is 2.25. The Balaban J connectivity index is 3.02. The molecule has 0 aliphatic rings. The minimum Gasteiger partial charge on any atom is -0.480 e. The highest BCUT2D eigenvalue weighted by atomic mass is 16.5. The Morgan fingerprint density at radius 2 is 2.18 bits per heavy atom. The molecule has 1 amide bonds. The number of hydrogen-bond donors (Lipinski definition) is 2. The second-order valence-corrected chi connectivity index (χ2v) is 4.13. The molecular weight excluding hydrogens is 218 g/mol. The SMILES string of the molecule is CCC(Oc1cc(C)ccc1[C@H](C)O)C(N)=O. The van der Waals surface area contributed by atoms with E-state index in [9.17, 15) is 9.90 Å². The van der Waals surface area contributed by atoms with Gasteiger partial charge in [-0.05, 0) is 31.9 Å². The van der Waals surface area contributed by atoms with Crippen LogP contribution in [0.15, 0.2) is 18.2 Å². The monoisotopic (exact) mass is 237 g/mol. The summed E-state index contributed by atoms with van der Waals surface area (Å²) in [6, 6.07) is 5.48. The maximum Gasteiger partial charge on any atom is 0.258 e. The molecule has 0 spiro atoms. The molecule has 17 heavy (non-hydrogen) atoms. The molecule has 1 rings (SSSR count). The van der Waals surface area contributed by atoms with Gasteiger partial charge in [-0.3, -0.25) is 4.79 Å². The van der Waals surface area contributed by atoms with E-state index in [1.807, 2.05) is 19.9 Å². The zero-order chi connectivity index (χ0) is 13.0. The van der Waals surface area contributed by atoms with Crippen molar-refractivity contribution in [2.24, 2.45) is 5.73 Å². The quantitative estimate of drug-likeness (QED) is 0.818. The van der Waals surface area contributed by atoms with Gasteiger partial charge in [-0.1, -0.05) is 19.1 Å². The Kier molecular flexibility index (Phi) is 4.52. The van der Waals surface area contributed by atoms with Crippen LogP contribution in [-0.4, -0.2) is 17.1 Å². The molecule has 0 fully saturated rings. The van der Waals surface area contributed by atoms with Crippen molar-refractivity contribution in [3.05, 3.63) is 29.3 Å². The third kappa shape index (κ3) is 3.46. The largest absolute Gasteiger partial charge is 0.480 e. The molecule has 0 saturated carbocycles. The van der Waals surface area contributed by atoms with Crippen LogP contribution in [-0.2, 0) is 4.79 Å². The molecule has 0 aromatic heterocycles. The Hall–Kier alpha value is -1.55. The second kappa shape index (κ2) is 5.68. The number of amides is 1. The number of ether oxygens (including phenoxy) is 1. The number of nitrogens with two attached hydrogens (primary N) is 1. The molecule has 1 aromatic rings. The molecule has 0 heterocycles. The summed E-state index contributed by atoms with van der Waals surface area (Å²) in [5.74, 6) is 0.0243. The average molecular weight is 237 g/mol. The molecule has 4 heteroatoms. The summed E-state index contributed by atoms with van der Waals surface area (Å²) in [5, 5.41) is 9.62. The summed E-state index contributed by atoms with van der Waals surface area (Å²) in [6.45, 7) is 5.40. The predicted molar refractivity (Wildman–Crippen MR) is 65.7 cm³/mol. The van der Waals surface area contributed by atoms with E-state index < -0.39 is 18.1 Å². The first-order valence-corrected chi connectivity index (χ1v) is 5.70. The lowest BCUT2D eigenvalue weighted by Gasteiger charge is -2.18. The molecule has 3 N–H and O–H groups in total. The van der Waals surface area contributed by atoms with Gasteiger partial charge in [0.15, 0.2) is 6.10 Å². The molecule has 0 aliphatic carbocycles.